The van der Waals surface area contributed by atoms with Gasteiger partial charge in [0.1, 0.15) is 12.3 Å². The Morgan fingerprint density at radius 1 is 1.16 bits per heavy atom. The van der Waals surface area contributed by atoms with Gasteiger partial charge in [0.25, 0.3) is 0 Å². The molecule has 0 saturated heterocycles. The zero-order valence-electron chi connectivity index (χ0n) is 18.7. The molecule has 0 fully saturated rings. The number of benzene rings is 2. The first-order valence-corrected chi connectivity index (χ1v) is 11.0. The smallest absolute Gasteiger partial charge is 0.414 e. The van der Waals surface area contributed by atoms with Crippen LogP contribution in [0.4, 0.5) is 10.5 Å². The Hall–Kier alpha value is -3.54. The van der Waals surface area contributed by atoms with E-state index in [9.17, 15) is 4.79 Å². The lowest BCUT2D eigenvalue weighted by Gasteiger charge is -2.28. The number of aromatic amines is 2. The third-order valence-corrected chi connectivity index (χ3v) is 6.39. The van der Waals surface area contributed by atoms with Crippen LogP contribution >= 0.6 is 0 Å². The molecular weight excluding hydrogens is 400 g/mol. The van der Waals surface area contributed by atoms with Crippen LogP contribution in [0, 0.1) is 5.41 Å². The van der Waals surface area contributed by atoms with Crippen LogP contribution in [0.5, 0.6) is 0 Å². The molecular formula is C26H28N4O2. The van der Waals surface area contributed by atoms with Crippen LogP contribution < -0.4 is 4.90 Å². The first-order chi connectivity index (χ1) is 15.4. The molecule has 1 aliphatic rings. The minimum absolute atomic E-state index is 0.250. The van der Waals surface area contributed by atoms with Gasteiger partial charge in [0.05, 0.1) is 5.69 Å². The summed E-state index contributed by atoms with van der Waals surface area (Å²) in [4.78, 5) is 17.6. The third kappa shape index (κ3) is 3.88. The molecule has 164 valence electrons. The number of carbonyl (C=O) groups is 1. The van der Waals surface area contributed by atoms with Crippen molar-refractivity contribution >= 4 is 22.7 Å². The quantitative estimate of drug-likeness (QED) is 0.428. The second-order valence-corrected chi connectivity index (χ2v) is 9.42. The Bertz CT molecular complexity index is 1270. The van der Waals surface area contributed by atoms with Gasteiger partial charge in [-0.2, -0.15) is 5.10 Å². The highest BCUT2D eigenvalue weighted by Crippen LogP contribution is 2.38. The van der Waals surface area contributed by atoms with Crippen molar-refractivity contribution in [3.05, 3.63) is 71.4 Å². The maximum atomic E-state index is 12.5. The standard InChI is InChI=1S/C26H28N4O2/c1-26(2)12-11-20-23(15-26)28-29-24(20)22-13-18-9-10-19(14-21(18)27-22)30(3)25(31)32-16-17-7-5-4-6-8-17/h4-10,13-14,27H,11-12,15-16H2,1-3H3,(H,28,29). The van der Waals surface area contributed by atoms with Gasteiger partial charge in [0, 0.05) is 34.9 Å². The number of hydrogen-bond acceptors (Lipinski definition) is 3. The average molecular weight is 429 g/mol. The molecule has 6 nitrogen and oxygen atoms in total. The molecule has 0 bridgehead atoms. The summed E-state index contributed by atoms with van der Waals surface area (Å²) < 4.78 is 5.46. The number of nitrogens with zero attached hydrogens (tertiary/aromatic N) is 2. The van der Waals surface area contributed by atoms with Gasteiger partial charge in [-0.15, -0.1) is 0 Å². The van der Waals surface area contributed by atoms with Gasteiger partial charge < -0.3 is 9.72 Å². The number of amides is 1. The lowest BCUT2D eigenvalue weighted by Crippen LogP contribution is -2.26. The summed E-state index contributed by atoms with van der Waals surface area (Å²) in [6.45, 7) is 4.87. The second-order valence-electron chi connectivity index (χ2n) is 9.42. The lowest BCUT2D eigenvalue weighted by atomic mass is 9.76. The van der Waals surface area contributed by atoms with Crippen molar-refractivity contribution < 1.29 is 9.53 Å². The fourth-order valence-corrected chi connectivity index (χ4v) is 4.44. The van der Waals surface area contributed by atoms with E-state index in [1.807, 2.05) is 48.5 Å². The van der Waals surface area contributed by atoms with Crippen molar-refractivity contribution in [3.8, 4) is 11.4 Å². The predicted octanol–water partition coefficient (Wildman–Crippen LogP) is 5.85. The van der Waals surface area contributed by atoms with E-state index >= 15 is 0 Å². The van der Waals surface area contributed by atoms with E-state index in [-0.39, 0.29) is 12.7 Å². The number of carbonyl (C=O) groups excluding carboxylic acids is 1. The van der Waals surface area contributed by atoms with Crippen LogP contribution in [0.2, 0.25) is 0 Å². The van der Waals surface area contributed by atoms with Gasteiger partial charge in [0.15, 0.2) is 0 Å². The molecule has 0 atom stereocenters. The first-order valence-electron chi connectivity index (χ1n) is 11.0. The highest BCUT2D eigenvalue weighted by molar-refractivity contribution is 5.93. The van der Waals surface area contributed by atoms with Gasteiger partial charge in [-0.3, -0.25) is 10.00 Å². The van der Waals surface area contributed by atoms with Gasteiger partial charge >= 0.3 is 6.09 Å². The first kappa shape index (κ1) is 20.4. The molecule has 0 radical (unpaired) electrons. The number of rotatable bonds is 4. The van der Waals surface area contributed by atoms with E-state index in [2.05, 4.69) is 35.1 Å². The van der Waals surface area contributed by atoms with E-state index in [0.717, 1.165) is 52.8 Å². The molecule has 4 aromatic rings. The van der Waals surface area contributed by atoms with Gasteiger partial charge in [-0.05, 0) is 48.4 Å². The topological polar surface area (TPSA) is 74.0 Å². The summed E-state index contributed by atoms with van der Waals surface area (Å²) in [5.41, 5.74) is 7.58. The Kier molecular flexibility index (Phi) is 5.00. The monoisotopic (exact) mass is 428 g/mol. The molecule has 0 unspecified atom stereocenters. The van der Waals surface area contributed by atoms with Crippen molar-refractivity contribution in [1.82, 2.24) is 15.2 Å². The van der Waals surface area contributed by atoms with Crippen molar-refractivity contribution in [2.75, 3.05) is 11.9 Å². The third-order valence-electron chi connectivity index (χ3n) is 6.39. The van der Waals surface area contributed by atoms with Gasteiger partial charge in [-0.1, -0.05) is 50.2 Å². The highest BCUT2D eigenvalue weighted by atomic mass is 16.6. The highest BCUT2D eigenvalue weighted by Gasteiger charge is 2.29. The normalized spacial score (nSPS) is 14.8. The van der Waals surface area contributed by atoms with Crippen molar-refractivity contribution in [2.24, 2.45) is 5.41 Å². The Morgan fingerprint density at radius 3 is 2.78 bits per heavy atom. The molecule has 2 N–H and O–H groups in total. The van der Waals surface area contributed by atoms with Crippen LogP contribution in [0.1, 0.15) is 37.1 Å². The number of aromatic nitrogens is 3. The Balaban J connectivity index is 1.35. The molecule has 2 heterocycles. The summed E-state index contributed by atoms with van der Waals surface area (Å²) >= 11 is 0. The predicted molar refractivity (Wildman–Crippen MR) is 127 cm³/mol. The fourth-order valence-electron chi connectivity index (χ4n) is 4.44. The van der Waals surface area contributed by atoms with Crippen molar-refractivity contribution in [3.63, 3.8) is 0 Å². The zero-order valence-corrected chi connectivity index (χ0v) is 18.7. The minimum atomic E-state index is -0.385. The maximum absolute atomic E-state index is 12.5. The SMILES string of the molecule is CN(C(=O)OCc1ccccc1)c1ccc2cc(-c3n[nH]c4c3CCC(C)(C)C4)[nH]c2c1. The van der Waals surface area contributed by atoms with Crippen LogP contribution in [0.3, 0.4) is 0 Å². The van der Waals surface area contributed by atoms with Crippen molar-refractivity contribution in [2.45, 2.75) is 39.7 Å². The summed E-state index contributed by atoms with van der Waals surface area (Å²) in [7, 11) is 1.73. The lowest BCUT2D eigenvalue weighted by molar-refractivity contribution is 0.148. The Labute approximate surface area is 187 Å². The largest absolute Gasteiger partial charge is 0.444 e. The zero-order chi connectivity index (χ0) is 22.3. The van der Waals surface area contributed by atoms with E-state index in [1.165, 1.54) is 16.2 Å². The molecule has 1 amide bonds. The number of ether oxygens (including phenoxy) is 1. The molecule has 2 aromatic heterocycles. The minimum Gasteiger partial charge on any atom is -0.444 e. The number of anilines is 1. The van der Waals surface area contributed by atoms with Gasteiger partial charge in [-0.25, -0.2) is 4.79 Å². The summed E-state index contributed by atoms with van der Waals surface area (Å²) in [5.74, 6) is 0. The van der Waals surface area contributed by atoms with Crippen LogP contribution in [-0.4, -0.2) is 28.3 Å². The summed E-state index contributed by atoms with van der Waals surface area (Å²) in [6, 6.07) is 17.7. The van der Waals surface area contributed by atoms with E-state index in [1.54, 1.807) is 7.05 Å². The molecule has 6 heteroatoms. The maximum Gasteiger partial charge on any atom is 0.414 e. The second kappa shape index (κ2) is 7.86. The molecule has 5 rings (SSSR count). The molecule has 2 aromatic carbocycles. The number of H-pyrrole nitrogens is 2. The molecule has 1 aliphatic carbocycles. The number of hydrogen-bond donors (Lipinski definition) is 2. The van der Waals surface area contributed by atoms with Gasteiger partial charge in [0.2, 0.25) is 0 Å². The van der Waals surface area contributed by atoms with Crippen LogP contribution in [0.15, 0.2) is 54.6 Å². The number of nitrogens with one attached hydrogen (secondary N) is 2. The average Bonchev–Trinajstić information content (AvgIpc) is 3.39. The van der Waals surface area contributed by atoms with Crippen LogP contribution in [-0.2, 0) is 24.2 Å². The molecule has 0 aliphatic heterocycles. The molecule has 32 heavy (non-hydrogen) atoms. The van der Waals surface area contributed by atoms with E-state index in [4.69, 9.17) is 4.74 Å². The fraction of sp³-hybridized carbons (Fsp3) is 0.308. The van der Waals surface area contributed by atoms with Crippen LogP contribution in [0.25, 0.3) is 22.3 Å². The van der Waals surface area contributed by atoms with Crippen molar-refractivity contribution in [1.29, 1.82) is 0 Å². The van der Waals surface area contributed by atoms with E-state index in [0.29, 0.717) is 5.41 Å². The Morgan fingerprint density at radius 2 is 1.97 bits per heavy atom. The summed E-state index contributed by atoms with van der Waals surface area (Å²) in [6.07, 6.45) is 2.83. The molecule has 0 saturated carbocycles. The number of fused-ring (bicyclic) bond motifs is 2. The molecule has 0 spiro atoms. The van der Waals surface area contributed by atoms with E-state index < -0.39 is 0 Å². The summed E-state index contributed by atoms with van der Waals surface area (Å²) in [5, 5.41) is 8.97.